The Bertz CT molecular complexity index is 755. The Labute approximate surface area is 125 Å². The van der Waals surface area contributed by atoms with Gasteiger partial charge in [0.1, 0.15) is 12.9 Å². The fourth-order valence-electron chi connectivity index (χ4n) is 2.49. The van der Waals surface area contributed by atoms with Crippen LogP contribution in [0.2, 0.25) is 0 Å². The van der Waals surface area contributed by atoms with Crippen LogP contribution in [-0.4, -0.2) is 12.8 Å². The van der Waals surface area contributed by atoms with Crippen LogP contribution >= 0.6 is 11.3 Å². The van der Waals surface area contributed by atoms with E-state index in [9.17, 15) is 0 Å². The van der Waals surface area contributed by atoms with E-state index >= 15 is 0 Å². The van der Waals surface area contributed by atoms with E-state index in [1.165, 1.54) is 27.0 Å². The minimum Gasteiger partial charge on any atom is -0.236 e. The predicted octanol–water partition coefficient (Wildman–Crippen LogP) is 3.99. The van der Waals surface area contributed by atoms with E-state index in [0.29, 0.717) is 0 Å². The molecule has 0 saturated carbocycles. The summed E-state index contributed by atoms with van der Waals surface area (Å²) >= 11 is 1.77. The number of aromatic nitrogens is 1. The first-order chi connectivity index (χ1) is 9.49. The molecule has 0 N–H and O–H groups in total. The SMILES string of the molecule is [B]c1ccc(-c2nc3c(C)c(C)c(C)c(C)c3s2)cc1. The van der Waals surface area contributed by atoms with Crippen molar-refractivity contribution in [1.29, 1.82) is 0 Å². The van der Waals surface area contributed by atoms with Crippen molar-refractivity contribution < 1.29 is 0 Å². The van der Waals surface area contributed by atoms with Gasteiger partial charge in [0.05, 0.1) is 10.2 Å². The summed E-state index contributed by atoms with van der Waals surface area (Å²) in [6.07, 6.45) is 0. The van der Waals surface area contributed by atoms with Gasteiger partial charge in [0.25, 0.3) is 0 Å². The normalized spacial score (nSPS) is 11.2. The fourth-order valence-corrected chi connectivity index (χ4v) is 3.67. The molecule has 0 fully saturated rings. The topological polar surface area (TPSA) is 12.9 Å². The summed E-state index contributed by atoms with van der Waals surface area (Å²) < 4.78 is 1.30. The number of thiazole rings is 1. The van der Waals surface area contributed by atoms with Gasteiger partial charge >= 0.3 is 0 Å². The molecule has 0 amide bonds. The molecule has 2 aromatic carbocycles. The summed E-state index contributed by atoms with van der Waals surface area (Å²) in [5.41, 5.74) is 8.43. The Morgan fingerprint density at radius 1 is 0.850 bits per heavy atom. The Kier molecular flexibility index (Phi) is 3.17. The number of nitrogens with zero attached hydrogens (tertiary/aromatic N) is 1. The largest absolute Gasteiger partial charge is 0.236 e. The molecular formula is C17H16BNS. The number of hydrogen-bond acceptors (Lipinski definition) is 2. The zero-order valence-electron chi connectivity index (χ0n) is 12.2. The molecule has 98 valence electrons. The Hall–Kier alpha value is -1.61. The Morgan fingerprint density at radius 2 is 1.45 bits per heavy atom. The standard InChI is InChI=1S/C17H16BNS/c1-9-10(2)12(4)16-15(11(9)3)19-17(20-16)13-5-7-14(18)8-6-13/h5-8H,1-4H3. The van der Waals surface area contributed by atoms with Gasteiger partial charge < -0.3 is 0 Å². The second-order valence-corrected chi connectivity index (χ2v) is 6.32. The second kappa shape index (κ2) is 4.74. The van der Waals surface area contributed by atoms with Crippen molar-refractivity contribution in [1.82, 2.24) is 4.98 Å². The molecule has 0 saturated heterocycles. The van der Waals surface area contributed by atoms with Gasteiger partial charge in [0.2, 0.25) is 0 Å². The summed E-state index contributed by atoms with van der Waals surface area (Å²) in [7, 11) is 5.75. The van der Waals surface area contributed by atoms with Gasteiger partial charge in [-0.15, -0.1) is 11.3 Å². The van der Waals surface area contributed by atoms with Crippen LogP contribution in [-0.2, 0) is 0 Å². The summed E-state index contributed by atoms with van der Waals surface area (Å²) in [6.45, 7) is 8.73. The molecule has 0 spiro atoms. The minimum absolute atomic E-state index is 0.786. The van der Waals surface area contributed by atoms with Gasteiger partial charge in [0.15, 0.2) is 0 Å². The molecular weight excluding hydrogens is 261 g/mol. The van der Waals surface area contributed by atoms with Gasteiger partial charge in [-0.25, -0.2) is 4.98 Å². The van der Waals surface area contributed by atoms with Crippen molar-refractivity contribution in [3.05, 3.63) is 46.5 Å². The molecule has 0 aliphatic carbocycles. The van der Waals surface area contributed by atoms with Crippen molar-refractivity contribution in [2.45, 2.75) is 27.7 Å². The third kappa shape index (κ3) is 1.97. The first-order valence-electron chi connectivity index (χ1n) is 6.72. The quantitative estimate of drug-likeness (QED) is 0.613. The fraction of sp³-hybridized carbons (Fsp3) is 0.235. The summed E-state index contributed by atoms with van der Waals surface area (Å²) in [4.78, 5) is 4.85. The second-order valence-electron chi connectivity index (χ2n) is 5.32. The van der Waals surface area contributed by atoms with E-state index in [4.69, 9.17) is 12.8 Å². The van der Waals surface area contributed by atoms with Gasteiger partial charge in [0, 0.05) is 5.56 Å². The first kappa shape index (κ1) is 13.4. The monoisotopic (exact) mass is 277 g/mol. The van der Waals surface area contributed by atoms with Crippen LogP contribution in [0.1, 0.15) is 22.3 Å². The van der Waals surface area contributed by atoms with Crippen LogP contribution < -0.4 is 5.46 Å². The van der Waals surface area contributed by atoms with Crippen molar-refractivity contribution >= 4 is 34.9 Å². The molecule has 3 heteroatoms. The highest BCUT2D eigenvalue weighted by Gasteiger charge is 2.14. The molecule has 1 nitrogen and oxygen atoms in total. The third-order valence-electron chi connectivity index (χ3n) is 4.17. The lowest BCUT2D eigenvalue weighted by Crippen LogP contribution is -1.98. The van der Waals surface area contributed by atoms with E-state index in [2.05, 4.69) is 27.7 Å². The third-order valence-corrected chi connectivity index (χ3v) is 5.39. The highest BCUT2D eigenvalue weighted by Crippen LogP contribution is 2.36. The maximum Gasteiger partial charge on any atom is 0.124 e. The predicted molar refractivity (Wildman–Crippen MR) is 89.4 cm³/mol. The van der Waals surface area contributed by atoms with Crippen molar-refractivity contribution in [3.8, 4) is 10.6 Å². The van der Waals surface area contributed by atoms with Crippen molar-refractivity contribution in [2.75, 3.05) is 0 Å². The van der Waals surface area contributed by atoms with Gasteiger partial charge in [-0.3, -0.25) is 0 Å². The number of aryl methyl sites for hydroxylation is 2. The van der Waals surface area contributed by atoms with Crippen molar-refractivity contribution in [3.63, 3.8) is 0 Å². The number of benzene rings is 2. The molecule has 0 aliphatic heterocycles. The zero-order chi connectivity index (χ0) is 14.4. The number of fused-ring (bicyclic) bond motifs is 1. The molecule has 1 aromatic heterocycles. The average molecular weight is 277 g/mol. The van der Waals surface area contributed by atoms with Gasteiger partial charge in [-0.1, -0.05) is 29.7 Å². The lowest BCUT2D eigenvalue weighted by Gasteiger charge is -2.09. The lowest BCUT2D eigenvalue weighted by molar-refractivity contribution is 1.24. The van der Waals surface area contributed by atoms with Gasteiger partial charge in [-0.05, 0) is 49.9 Å². The molecule has 20 heavy (non-hydrogen) atoms. The molecule has 3 rings (SSSR count). The molecule has 3 aromatic rings. The van der Waals surface area contributed by atoms with E-state index in [-0.39, 0.29) is 0 Å². The molecule has 0 aliphatic rings. The summed E-state index contributed by atoms with van der Waals surface area (Å²) in [6, 6.07) is 7.93. The van der Waals surface area contributed by atoms with Crippen LogP contribution in [0, 0.1) is 27.7 Å². The smallest absolute Gasteiger partial charge is 0.124 e. The molecule has 0 atom stereocenters. The van der Waals surface area contributed by atoms with E-state index < -0.39 is 0 Å². The maximum absolute atomic E-state index is 5.75. The molecule has 2 radical (unpaired) electrons. The van der Waals surface area contributed by atoms with Crippen LogP contribution in [0.15, 0.2) is 24.3 Å². The van der Waals surface area contributed by atoms with Crippen LogP contribution in [0.25, 0.3) is 20.8 Å². The number of rotatable bonds is 1. The van der Waals surface area contributed by atoms with E-state index in [1.54, 1.807) is 11.3 Å². The van der Waals surface area contributed by atoms with Gasteiger partial charge in [-0.2, -0.15) is 0 Å². The van der Waals surface area contributed by atoms with E-state index in [0.717, 1.165) is 21.6 Å². The van der Waals surface area contributed by atoms with Crippen LogP contribution in [0.4, 0.5) is 0 Å². The Morgan fingerprint density at radius 3 is 2.10 bits per heavy atom. The van der Waals surface area contributed by atoms with Crippen LogP contribution in [0.5, 0.6) is 0 Å². The van der Waals surface area contributed by atoms with Crippen molar-refractivity contribution in [2.24, 2.45) is 0 Å². The maximum atomic E-state index is 5.75. The molecule has 0 unspecified atom stereocenters. The average Bonchev–Trinajstić information content (AvgIpc) is 2.89. The lowest BCUT2D eigenvalue weighted by atomic mass is 9.95. The highest BCUT2D eigenvalue weighted by atomic mass is 32.1. The highest BCUT2D eigenvalue weighted by molar-refractivity contribution is 7.21. The molecule has 0 bridgehead atoms. The van der Waals surface area contributed by atoms with E-state index in [1.807, 2.05) is 24.3 Å². The number of hydrogen-bond donors (Lipinski definition) is 0. The first-order valence-corrected chi connectivity index (χ1v) is 7.53. The summed E-state index contributed by atoms with van der Waals surface area (Å²) in [5, 5.41) is 1.07. The summed E-state index contributed by atoms with van der Waals surface area (Å²) in [5.74, 6) is 0. The zero-order valence-corrected chi connectivity index (χ0v) is 13.1. The molecule has 1 heterocycles. The minimum atomic E-state index is 0.786. The van der Waals surface area contributed by atoms with Crippen LogP contribution in [0.3, 0.4) is 0 Å². The Balaban J connectivity index is 2.28.